The molecule has 0 bridgehead atoms. The van der Waals surface area contributed by atoms with Crippen LogP contribution in [0.2, 0.25) is 0 Å². The van der Waals surface area contributed by atoms with Crippen LogP contribution in [0, 0.1) is 0 Å². The Labute approximate surface area is 167 Å². The van der Waals surface area contributed by atoms with E-state index in [2.05, 4.69) is 4.98 Å². The summed E-state index contributed by atoms with van der Waals surface area (Å²) in [5.41, 5.74) is 3.48. The maximum atomic E-state index is 12.6. The standard InChI is InChI=1S/C23H19NO3S/c1-26-21-13-15(12-18(23(21)27-2)22-4-3-11-28-22)5-8-20(25)17-6-7-19-16(14-17)9-10-24-19/h3-14,24H,1-2H3. The number of ether oxygens (including phenoxy) is 2. The molecule has 0 aliphatic rings. The zero-order chi connectivity index (χ0) is 19.5. The molecule has 0 amide bonds. The third-order valence-corrected chi connectivity index (χ3v) is 5.46. The van der Waals surface area contributed by atoms with Crippen LogP contribution < -0.4 is 9.47 Å². The van der Waals surface area contributed by atoms with Crippen LogP contribution in [-0.4, -0.2) is 25.0 Å². The summed E-state index contributed by atoms with van der Waals surface area (Å²) in [5, 5.41) is 3.04. The lowest BCUT2D eigenvalue weighted by Crippen LogP contribution is -1.95. The van der Waals surface area contributed by atoms with Gasteiger partial charge in [-0.3, -0.25) is 4.79 Å². The lowest BCUT2D eigenvalue weighted by Gasteiger charge is -2.13. The highest BCUT2D eigenvalue weighted by Crippen LogP contribution is 2.41. The van der Waals surface area contributed by atoms with E-state index >= 15 is 0 Å². The summed E-state index contributed by atoms with van der Waals surface area (Å²) in [5.74, 6) is 1.27. The van der Waals surface area contributed by atoms with Gasteiger partial charge in [0.05, 0.1) is 14.2 Å². The van der Waals surface area contributed by atoms with Gasteiger partial charge >= 0.3 is 0 Å². The zero-order valence-corrected chi connectivity index (χ0v) is 16.4. The van der Waals surface area contributed by atoms with Gasteiger partial charge in [-0.25, -0.2) is 0 Å². The van der Waals surface area contributed by atoms with Crippen LogP contribution in [0.15, 0.2) is 66.2 Å². The monoisotopic (exact) mass is 389 g/mol. The van der Waals surface area contributed by atoms with E-state index < -0.39 is 0 Å². The number of carbonyl (C=O) groups is 1. The third kappa shape index (κ3) is 3.44. The number of thiophene rings is 1. The topological polar surface area (TPSA) is 51.3 Å². The van der Waals surface area contributed by atoms with Gasteiger partial charge in [0.15, 0.2) is 17.3 Å². The fraction of sp³-hybridized carbons (Fsp3) is 0.0870. The van der Waals surface area contributed by atoms with Gasteiger partial charge in [0.2, 0.25) is 0 Å². The molecule has 0 unspecified atom stereocenters. The molecule has 2 heterocycles. The maximum absolute atomic E-state index is 12.6. The summed E-state index contributed by atoms with van der Waals surface area (Å²) >= 11 is 1.63. The molecule has 5 heteroatoms. The van der Waals surface area contributed by atoms with Crippen molar-refractivity contribution in [3.05, 3.63) is 77.3 Å². The van der Waals surface area contributed by atoms with Gasteiger partial charge in [-0.05, 0) is 59.5 Å². The fourth-order valence-electron chi connectivity index (χ4n) is 3.17. The predicted octanol–water partition coefficient (Wildman–Crippen LogP) is 5.81. The SMILES string of the molecule is COc1cc(C=CC(=O)c2ccc3[nH]ccc3c2)cc(-c2cccs2)c1OC. The van der Waals surface area contributed by atoms with Crippen LogP contribution >= 0.6 is 11.3 Å². The Bertz CT molecular complexity index is 1160. The predicted molar refractivity (Wildman–Crippen MR) is 115 cm³/mol. The van der Waals surface area contributed by atoms with Gasteiger partial charge in [-0.2, -0.15) is 0 Å². The van der Waals surface area contributed by atoms with E-state index in [0.717, 1.165) is 26.9 Å². The molecule has 0 atom stereocenters. The van der Waals surface area contributed by atoms with E-state index in [4.69, 9.17) is 9.47 Å². The first-order valence-electron chi connectivity index (χ1n) is 8.79. The zero-order valence-electron chi connectivity index (χ0n) is 15.6. The van der Waals surface area contributed by atoms with E-state index in [9.17, 15) is 4.79 Å². The number of aromatic amines is 1. The number of methoxy groups -OCH3 is 2. The van der Waals surface area contributed by atoms with Gasteiger partial charge in [-0.1, -0.05) is 12.1 Å². The first kappa shape index (κ1) is 18.1. The molecule has 0 fully saturated rings. The molecule has 2 aromatic carbocycles. The minimum absolute atomic E-state index is 0.0458. The molecule has 0 spiro atoms. The maximum Gasteiger partial charge on any atom is 0.185 e. The van der Waals surface area contributed by atoms with Crippen LogP contribution in [0.1, 0.15) is 15.9 Å². The molecule has 0 aliphatic carbocycles. The summed E-state index contributed by atoms with van der Waals surface area (Å²) in [4.78, 5) is 16.8. The molecule has 28 heavy (non-hydrogen) atoms. The minimum Gasteiger partial charge on any atom is -0.493 e. The number of fused-ring (bicyclic) bond motifs is 1. The van der Waals surface area contributed by atoms with Gasteiger partial charge < -0.3 is 14.5 Å². The molecule has 0 radical (unpaired) electrons. The number of H-pyrrole nitrogens is 1. The molecule has 4 aromatic rings. The summed E-state index contributed by atoms with van der Waals surface area (Å²) in [6.45, 7) is 0. The molecular formula is C23H19NO3S. The van der Waals surface area contributed by atoms with Crippen LogP contribution in [-0.2, 0) is 0 Å². The molecule has 2 aromatic heterocycles. The molecule has 140 valence electrons. The number of carbonyl (C=O) groups excluding carboxylic acids is 1. The first-order valence-corrected chi connectivity index (χ1v) is 9.67. The van der Waals surface area contributed by atoms with Crippen LogP contribution in [0.5, 0.6) is 11.5 Å². The van der Waals surface area contributed by atoms with Crippen LogP contribution in [0.3, 0.4) is 0 Å². The lowest BCUT2D eigenvalue weighted by molar-refractivity contribution is 0.104. The minimum atomic E-state index is -0.0458. The Hall–Kier alpha value is -3.31. The van der Waals surface area contributed by atoms with E-state index in [0.29, 0.717) is 17.1 Å². The van der Waals surface area contributed by atoms with Crippen molar-refractivity contribution in [2.75, 3.05) is 14.2 Å². The van der Waals surface area contributed by atoms with Crippen molar-refractivity contribution in [1.29, 1.82) is 0 Å². The Balaban J connectivity index is 1.68. The highest BCUT2D eigenvalue weighted by atomic mass is 32.1. The Morgan fingerprint density at radius 1 is 1.07 bits per heavy atom. The van der Waals surface area contributed by atoms with Crippen LogP contribution in [0.4, 0.5) is 0 Å². The van der Waals surface area contributed by atoms with E-state index in [1.54, 1.807) is 31.6 Å². The van der Waals surface area contributed by atoms with Crippen molar-refractivity contribution in [3.63, 3.8) is 0 Å². The molecular weight excluding hydrogens is 370 g/mol. The molecule has 4 rings (SSSR count). The number of nitrogens with one attached hydrogen (secondary N) is 1. The van der Waals surface area contributed by atoms with Gasteiger partial charge in [0.1, 0.15) is 0 Å². The van der Waals surface area contributed by atoms with Crippen molar-refractivity contribution in [3.8, 4) is 21.9 Å². The normalized spacial score (nSPS) is 11.2. The number of hydrogen-bond acceptors (Lipinski definition) is 4. The molecule has 0 aliphatic heterocycles. The molecule has 0 saturated carbocycles. The number of benzene rings is 2. The fourth-order valence-corrected chi connectivity index (χ4v) is 3.91. The number of ketones is 1. The molecule has 4 nitrogen and oxygen atoms in total. The number of hydrogen-bond donors (Lipinski definition) is 1. The highest BCUT2D eigenvalue weighted by Gasteiger charge is 2.14. The second-order valence-corrected chi connectivity index (χ2v) is 7.21. The number of allylic oxidation sites excluding steroid dienone is 1. The van der Waals surface area contributed by atoms with E-state index in [-0.39, 0.29) is 5.78 Å². The van der Waals surface area contributed by atoms with Gasteiger partial charge in [-0.15, -0.1) is 11.3 Å². The summed E-state index contributed by atoms with van der Waals surface area (Å²) in [6.07, 6.45) is 5.26. The van der Waals surface area contributed by atoms with Crippen molar-refractivity contribution >= 4 is 34.1 Å². The summed E-state index contributed by atoms with van der Waals surface area (Å²) in [7, 11) is 3.24. The second-order valence-electron chi connectivity index (χ2n) is 6.26. The summed E-state index contributed by atoms with van der Waals surface area (Å²) in [6, 6.07) is 15.5. The Morgan fingerprint density at radius 3 is 2.71 bits per heavy atom. The number of rotatable bonds is 6. The van der Waals surface area contributed by atoms with Crippen molar-refractivity contribution in [2.24, 2.45) is 0 Å². The largest absolute Gasteiger partial charge is 0.493 e. The highest BCUT2D eigenvalue weighted by molar-refractivity contribution is 7.13. The van der Waals surface area contributed by atoms with Gasteiger partial charge in [0.25, 0.3) is 0 Å². The number of aromatic nitrogens is 1. The first-order chi connectivity index (χ1) is 13.7. The smallest absolute Gasteiger partial charge is 0.185 e. The molecule has 1 N–H and O–H groups in total. The second kappa shape index (κ2) is 7.74. The van der Waals surface area contributed by atoms with Gasteiger partial charge in [0, 0.05) is 33.1 Å². The Kier molecular flexibility index (Phi) is 5.00. The van der Waals surface area contributed by atoms with Crippen molar-refractivity contribution < 1.29 is 14.3 Å². The summed E-state index contributed by atoms with van der Waals surface area (Å²) < 4.78 is 11.1. The lowest BCUT2D eigenvalue weighted by atomic mass is 10.0. The van der Waals surface area contributed by atoms with Crippen molar-refractivity contribution in [2.45, 2.75) is 0 Å². The average molecular weight is 389 g/mol. The Morgan fingerprint density at radius 2 is 1.96 bits per heavy atom. The van der Waals surface area contributed by atoms with Crippen LogP contribution in [0.25, 0.3) is 27.4 Å². The molecule has 0 saturated heterocycles. The third-order valence-electron chi connectivity index (χ3n) is 4.55. The van der Waals surface area contributed by atoms with E-state index in [1.165, 1.54) is 0 Å². The quantitative estimate of drug-likeness (QED) is 0.334. The van der Waals surface area contributed by atoms with E-state index in [1.807, 2.05) is 66.2 Å². The van der Waals surface area contributed by atoms with Crippen molar-refractivity contribution in [1.82, 2.24) is 4.98 Å². The average Bonchev–Trinajstić information content (AvgIpc) is 3.42.